The van der Waals surface area contributed by atoms with Gasteiger partial charge in [-0.05, 0) is 10.8 Å². The molecule has 0 radical (unpaired) electrons. The number of halogens is 2. The Hall–Kier alpha value is -2.57. The van der Waals surface area contributed by atoms with Crippen molar-refractivity contribution < 1.29 is 18.9 Å². The molecule has 0 aromatic heterocycles. The second-order valence-corrected chi connectivity index (χ2v) is 23.9. The van der Waals surface area contributed by atoms with Crippen LogP contribution in [0.4, 0.5) is 0 Å². The van der Waals surface area contributed by atoms with Gasteiger partial charge in [0.25, 0.3) is 0 Å². The van der Waals surface area contributed by atoms with Crippen molar-refractivity contribution in [2.75, 3.05) is 0 Å². The fraction of sp³-hybridized carbons (Fsp3) is 0.311. The molecule has 48 heavy (non-hydrogen) atoms. The topological polar surface area (TPSA) is 0 Å². The van der Waals surface area contributed by atoms with E-state index in [1.165, 1.54) is 43.8 Å². The molecule has 3 heteroatoms. The Morgan fingerprint density at radius 2 is 0.979 bits per heavy atom. The van der Waals surface area contributed by atoms with E-state index in [1.807, 2.05) is 36.4 Å². The second-order valence-electron chi connectivity index (χ2n) is 15.7. The summed E-state index contributed by atoms with van der Waals surface area (Å²) in [4.78, 5) is 0. The number of aryl methyl sites for hydroxylation is 1. The van der Waals surface area contributed by atoms with E-state index in [2.05, 4.69) is 154 Å². The first-order valence-corrected chi connectivity index (χ1v) is 24.6. The fourth-order valence-electron chi connectivity index (χ4n) is 5.73. The van der Waals surface area contributed by atoms with Gasteiger partial charge in [0.15, 0.2) is 0 Å². The summed E-state index contributed by atoms with van der Waals surface area (Å²) in [7, 11) is 12.5. The third-order valence-electron chi connectivity index (χ3n) is 8.84. The summed E-state index contributed by atoms with van der Waals surface area (Å²) in [6.07, 6.45) is 1.15. The van der Waals surface area contributed by atoms with E-state index in [0.717, 1.165) is 20.8 Å². The molecule has 0 aliphatic carbocycles. The van der Waals surface area contributed by atoms with Crippen LogP contribution in [0.1, 0.15) is 103 Å². The average molecular weight is 755 g/mol. The van der Waals surface area contributed by atoms with Gasteiger partial charge in [-0.1, -0.05) is 116 Å². The molecule has 0 atom stereocenters. The van der Waals surface area contributed by atoms with Gasteiger partial charge in [0, 0.05) is 0 Å². The molecular weight excluding hydrogens is 703 g/mol. The number of fused-ring (bicyclic) bond motifs is 3. The second kappa shape index (κ2) is 16.0. The summed E-state index contributed by atoms with van der Waals surface area (Å²) in [6, 6.07) is 43.2. The van der Waals surface area contributed by atoms with Gasteiger partial charge >= 0.3 is 111 Å². The molecule has 0 N–H and O–H groups in total. The zero-order valence-electron chi connectivity index (χ0n) is 30.5. The van der Waals surface area contributed by atoms with Gasteiger partial charge in [0.1, 0.15) is 0 Å². The Morgan fingerprint density at radius 3 is 1.29 bits per heavy atom. The summed E-state index contributed by atoms with van der Waals surface area (Å²) >= 11 is -2.44. The van der Waals surface area contributed by atoms with Crippen molar-refractivity contribution in [3.8, 4) is 0 Å². The van der Waals surface area contributed by atoms with Crippen LogP contribution in [0.2, 0.25) is 0 Å². The molecule has 0 saturated carbocycles. The summed E-state index contributed by atoms with van der Waals surface area (Å²) in [5.74, 6) is 0. The van der Waals surface area contributed by atoms with Crippen LogP contribution in [0, 0.1) is 0 Å². The quantitative estimate of drug-likeness (QED) is 0.158. The Morgan fingerprint density at radius 1 is 0.562 bits per heavy atom. The van der Waals surface area contributed by atoms with Crippen LogP contribution < -0.4 is 0 Å². The summed E-state index contributed by atoms with van der Waals surface area (Å²) in [5.41, 5.74) is 8.73. The van der Waals surface area contributed by atoms with E-state index in [0.29, 0.717) is 5.41 Å². The first-order chi connectivity index (χ1) is 22.5. The zero-order chi connectivity index (χ0) is 35.3. The van der Waals surface area contributed by atoms with Crippen LogP contribution in [0.3, 0.4) is 0 Å². The molecule has 0 aliphatic heterocycles. The van der Waals surface area contributed by atoms with Crippen molar-refractivity contribution in [2.24, 2.45) is 0 Å². The molecule has 0 fully saturated rings. The van der Waals surface area contributed by atoms with Crippen LogP contribution in [0.15, 0.2) is 121 Å². The van der Waals surface area contributed by atoms with Gasteiger partial charge < -0.3 is 0 Å². The maximum absolute atomic E-state index is 6.24. The van der Waals surface area contributed by atoms with Crippen molar-refractivity contribution in [1.82, 2.24) is 0 Å². The number of rotatable bonds is 3. The first-order valence-electron chi connectivity index (χ1n) is 17.1. The molecule has 0 amide bonds. The molecule has 6 aromatic carbocycles. The first kappa shape index (κ1) is 38.2. The maximum atomic E-state index is 6.24. The minimum atomic E-state index is -2.44. The van der Waals surface area contributed by atoms with Crippen LogP contribution in [0.5, 0.6) is 0 Å². The normalized spacial score (nSPS) is 11.8. The minimum absolute atomic E-state index is 0.203. The van der Waals surface area contributed by atoms with Gasteiger partial charge in [0.05, 0.1) is 0 Å². The van der Waals surface area contributed by atoms with Crippen molar-refractivity contribution in [3.63, 3.8) is 0 Å². The fourth-order valence-corrected chi connectivity index (χ4v) is 10.2. The predicted octanol–water partition coefficient (Wildman–Crippen LogP) is 13.8. The van der Waals surface area contributed by atoms with Gasteiger partial charge in [-0.25, -0.2) is 6.07 Å². The summed E-state index contributed by atoms with van der Waals surface area (Å²) in [6.45, 7) is 22.6. The van der Waals surface area contributed by atoms with Gasteiger partial charge in [0.2, 0.25) is 0 Å². The van der Waals surface area contributed by atoms with E-state index in [4.69, 9.17) is 17.0 Å². The van der Waals surface area contributed by atoms with E-state index in [-0.39, 0.29) is 10.8 Å². The Balaban J connectivity index is 0.000000171. The van der Waals surface area contributed by atoms with Crippen LogP contribution in [-0.4, -0.2) is 3.21 Å². The molecule has 0 bridgehead atoms. The molecule has 6 aromatic rings. The Labute approximate surface area is 305 Å². The molecule has 0 heterocycles. The Bertz CT molecular complexity index is 1840. The third-order valence-corrected chi connectivity index (χ3v) is 13.4. The van der Waals surface area contributed by atoms with Crippen molar-refractivity contribution in [3.05, 3.63) is 155 Å². The SMILES string of the molecule is CC(C)(C)c1ccc2c(c1)[cH-]c1cc(C(C)(C)C)ccc12.CCc1cc(C(C)(C)C)c[cH-]1.[Cl][Zr]([Cl])=[C](c1ccccc1)c1ccccc1. The van der Waals surface area contributed by atoms with Crippen molar-refractivity contribution in [2.45, 2.75) is 91.9 Å². The third kappa shape index (κ3) is 10.0. The molecule has 252 valence electrons. The van der Waals surface area contributed by atoms with Gasteiger partial charge in [-0.3, -0.25) is 0 Å². The molecule has 0 nitrogen and oxygen atoms in total. The van der Waals surface area contributed by atoms with E-state index in [9.17, 15) is 0 Å². The van der Waals surface area contributed by atoms with Crippen LogP contribution in [-0.2, 0) is 41.5 Å². The van der Waals surface area contributed by atoms with E-state index in [1.54, 1.807) is 0 Å². The van der Waals surface area contributed by atoms with E-state index >= 15 is 0 Å². The number of hydrogen-bond acceptors (Lipinski definition) is 0. The van der Waals surface area contributed by atoms with Crippen LogP contribution >= 0.6 is 17.0 Å². The molecule has 6 rings (SSSR count). The molecule has 0 aliphatic rings. The van der Waals surface area contributed by atoms with Crippen molar-refractivity contribution >= 4 is 41.8 Å². The van der Waals surface area contributed by atoms with E-state index < -0.39 is 18.9 Å². The zero-order valence-corrected chi connectivity index (χ0v) is 34.5. The summed E-state index contributed by atoms with van der Waals surface area (Å²) < 4.78 is 1.15. The molecule has 0 saturated heterocycles. The molecular formula is C45H52Cl2Zr-2. The van der Waals surface area contributed by atoms with Crippen LogP contribution in [0.25, 0.3) is 21.5 Å². The number of hydrogen-bond donors (Lipinski definition) is 0. The van der Waals surface area contributed by atoms with Crippen molar-refractivity contribution in [1.29, 1.82) is 0 Å². The average Bonchev–Trinajstić information content (AvgIpc) is 3.67. The molecule has 0 spiro atoms. The Kier molecular flexibility index (Phi) is 12.7. The standard InChI is InChI=1S/C21H25.C13H10.C11H17.2ClH.Zr/c1-20(2,3)16-7-9-18-14(12-16)11-15-13-17(21(4,5)6)8-10-19(15)18;1-3-7-12(8-4-1)11-13-9-5-2-6-10-13;1-5-9-6-7-10(8-9)11(2,3)4;;;/h7-13H,1-6H3;1-10H;6-8H,5H2,1-4H3;2*1H;/q-1;;-1;;;+2/p-2. The monoisotopic (exact) mass is 752 g/mol. The number of benzene rings is 4. The van der Waals surface area contributed by atoms with Gasteiger partial charge in [-0.2, -0.15) is 23.3 Å². The summed E-state index contributed by atoms with van der Waals surface area (Å²) in [5, 5.41) is 5.48. The predicted molar refractivity (Wildman–Crippen MR) is 212 cm³/mol. The van der Waals surface area contributed by atoms with Gasteiger partial charge in [-0.15, -0.1) is 39.7 Å². The molecule has 0 unspecified atom stereocenters.